The molecule has 0 aromatic rings. The zero-order valence-electron chi connectivity index (χ0n) is 8.41. The summed E-state index contributed by atoms with van der Waals surface area (Å²) in [6.45, 7) is 3.17. The van der Waals surface area contributed by atoms with E-state index in [1.165, 1.54) is 25.8 Å². The van der Waals surface area contributed by atoms with E-state index in [-0.39, 0.29) is 5.60 Å². The SMILES string of the molecule is NC1=NCC2(CCN3CCCCC32)O1. The molecule has 4 heteroatoms. The molecule has 0 aliphatic carbocycles. The van der Waals surface area contributed by atoms with Crippen molar-refractivity contribution in [1.82, 2.24) is 4.90 Å². The summed E-state index contributed by atoms with van der Waals surface area (Å²) in [6.07, 6.45) is 5.01. The third-order valence-corrected chi connectivity index (χ3v) is 3.85. The van der Waals surface area contributed by atoms with Gasteiger partial charge >= 0.3 is 0 Å². The molecule has 0 bridgehead atoms. The molecule has 3 rings (SSSR count). The van der Waals surface area contributed by atoms with Crippen LogP contribution in [0.2, 0.25) is 0 Å². The Balaban J connectivity index is 1.82. The lowest BCUT2D eigenvalue weighted by Crippen LogP contribution is -2.49. The van der Waals surface area contributed by atoms with Gasteiger partial charge < -0.3 is 10.5 Å². The molecule has 2 unspecified atom stereocenters. The zero-order valence-corrected chi connectivity index (χ0v) is 8.41. The van der Waals surface area contributed by atoms with Crippen molar-refractivity contribution in [3.63, 3.8) is 0 Å². The second-order valence-corrected chi connectivity index (χ2v) is 4.62. The Morgan fingerprint density at radius 1 is 1.43 bits per heavy atom. The lowest BCUT2D eigenvalue weighted by atomic mass is 9.89. The second kappa shape index (κ2) is 2.86. The van der Waals surface area contributed by atoms with E-state index in [9.17, 15) is 0 Å². The van der Waals surface area contributed by atoms with Crippen molar-refractivity contribution in [3.8, 4) is 0 Å². The minimum Gasteiger partial charge on any atom is -0.455 e. The standard InChI is InChI=1S/C10H17N3O/c11-9-12-7-10(14-9)4-6-13-5-2-1-3-8(10)13/h8H,1-7H2,(H2,11,12). The fourth-order valence-corrected chi connectivity index (χ4v) is 3.14. The summed E-state index contributed by atoms with van der Waals surface area (Å²) in [4.78, 5) is 6.76. The van der Waals surface area contributed by atoms with Crippen molar-refractivity contribution in [2.45, 2.75) is 37.3 Å². The summed E-state index contributed by atoms with van der Waals surface area (Å²) < 4.78 is 5.77. The van der Waals surface area contributed by atoms with Crippen LogP contribution in [0.5, 0.6) is 0 Å². The van der Waals surface area contributed by atoms with E-state index < -0.39 is 0 Å². The van der Waals surface area contributed by atoms with Crippen LogP contribution in [0.25, 0.3) is 0 Å². The number of nitrogens with two attached hydrogens (primary N) is 1. The number of fused-ring (bicyclic) bond motifs is 2. The van der Waals surface area contributed by atoms with Crippen LogP contribution in [0.4, 0.5) is 0 Å². The molecule has 2 N–H and O–H groups in total. The van der Waals surface area contributed by atoms with Crippen LogP contribution in [0, 0.1) is 0 Å². The Bertz CT molecular complexity index is 279. The molecule has 0 aromatic heterocycles. The molecule has 1 spiro atoms. The number of amidine groups is 1. The monoisotopic (exact) mass is 195 g/mol. The van der Waals surface area contributed by atoms with E-state index in [0.29, 0.717) is 12.1 Å². The summed E-state index contributed by atoms with van der Waals surface area (Å²) in [6, 6.07) is 0.971. The zero-order chi connectivity index (χ0) is 9.60. The smallest absolute Gasteiger partial charge is 0.282 e. The van der Waals surface area contributed by atoms with Crippen LogP contribution in [0.3, 0.4) is 0 Å². The van der Waals surface area contributed by atoms with Crippen LogP contribution >= 0.6 is 0 Å². The molecule has 78 valence electrons. The predicted molar refractivity (Wildman–Crippen MR) is 54.1 cm³/mol. The van der Waals surface area contributed by atoms with Crippen LogP contribution in [-0.4, -0.2) is 42.2 Å². The van der Waals surface area contributed by atoms with Gasteiger partial charge in [-0.25, -0.2) is 4.99 Å². The molecular weight excluding hydrogens is 178 g/mol. The minimum atomic E-state index is -0.0511. The van der Waals surface area contributed by atoms with Gasteiger partial charge in [-0.15, -0.1) is 0 Å². The molecule has 4 nitrogen and oxygen atoms in total. The number of hydrogen-bond donors (Lipinski definition) is 1. The maximum Gasteiger partial charge on any atom is 0.282 e. The first-order valence-corrected chi connectivity index (χ1v) is 5.53. The molecule has 0 radical (unpaired) electrons. The highest BCUT2D eigenvalue weighted by Gasteiger charge is 2.52. The second-order valence-electron chi connectivity index (χ2n) is 4.62. The highest BCUT2D eigenvalue weighted by molar-refractivity contribution is 5.74. The minimum absolute atomic E-state index is 0.0511. The third kappa shape index (κ3) is 1.06. The average molecular weight is 195 g/mol. The van der Waals surface area contributed by atoms with Gasteiger partial charge in [-0.3, -0.25) is 4.90 Å². The quantitative estimate of drug-likeness (QED) is 0.606. The molecule has 0 amide bonds. The van der Waals surface area contributed by atoms with Gasteiger partial charge in [-0.05, 0) is 19.4 Å². The van der Waals surface area contributed by atoms with Crippen molar-refractivity contribution in [3.05, 3.63) is 0 Å². The normalized spacial score (nSPS) is 42.3. The van der Waals surface area contributed by atoms with Gasteiger partial charge in [0, 0.05) is 13.0 Å². The number of piperidine rings is 1. The molecule has 0 saturated carbocycles. The molecule has 2 atom stereocenters. The Labute approximate surface area is 84.1 Å². The van der Waals surface area contributed by atoms with E-state index in [1.807, 2.05) is 0 Å². The van der Waals surface area contributed by atoms with Crippen molar-refractivity contribution < 1.29 is 4.74 Å². The van der Waals surface area contributed by atoms with Gasteiger partial charge in [0.1, 0.15) is 5.60 Å². The molecule has 3 aliphatic heterocycles. The Kier molecular flexibility index (Phi) is 1.74. The van der Waals surface area contributed by atoms with Crippen molar-refractivity contribution in [2.75, 3.05) is 19.6 Å². The topological polar surface area (TPSA) is 50.8 Å². The van der Waals surface area contributed by atoms with E-state index in [2.05, 4.69) is 9.89 Å². The van der Waals surface area contributed by atoms with Gasteiger partial charge in [0.15, 0.2) is 0 Å². The highest BCUT2D eigenvalue weighted by Crippen LogP contribution is 2.39. The number of nitrogens with zero attached hydrogens (tertiary/aromatic N) is 2. The summed E-state index contributed by atoms with van der Waals surface area (Å²) >= 11 is 0. The lowest BCUT2D eigenvalue weighted by Gasteiger charge is -2.36. The van der Waals surface area contributed by atoms with Gasteiger partial charge in [0.2, 0.25) is 0 Å². The molecule has 14 heavy (non-hydrogen) atoms. The summed E-state index contributed by atoms with van der Waals surface area (Å²) in [5.74, 6) is 0. The Hall–Kier alpha value is -0.770. The van der Waals surface area contributed by atoms with Gasteiger partial charge in [-0.1, -0.05) is 6.42 Å². The van der Waals surface area contributed by atoms with Crippen LogP contribution in [-0.2, 0) is 4.74 Å². The number of aliphatic imine (C=N–C) groups is 1. The fourth-order valence-electron chi connectivity index (χ4n) is 3.14. The van der Waals surface area contributed by atoms with Crippen LogP contribution in [0.15, 0.2) is 4.99 Å². The van der Waals surface area contributed by atoms with Crippen molar-refractivity contribution in [1.29, 1.82) is 0 Å². The lowest BCUT2D eigenvalue weighted by molar-refractivity contribution is 0.0256. The van der Waals surface area contributed by atoms with E-state index in [4.69, 9.17) is 10.5 Å². The average Bonchev–Trinajstić information content (AvgIpc) is 2.75. The Morgan fingerprint density at radius 2 is 2.36 bits per heavy atom. The molecule has 0 aromatic carbocycles. The molecule has 2 fully saturated rings. The van der Waals surface area contributed by atoms with Gasteiger partial charge in [0.05, 0.1) is 12.6 Å². The highest BCUT2D eigenvalue weighted by atomic mass is 16.5. The first-order valence-electron chi connectivity index (χ1n) is 5.53. The van der Waals surface area contributed by atoms with Gasteiger partial charge in [0.25, 0.3) is 6.02 Å². The number of rotatable bonds is 0. The first-order chi connectivity index (χ1) is 6.80. The molecule has 2 saturated heterocycles. The third-order valence-electron chi connectivity index (χ3n) is 3.85. The van der Waals surface area contributed by atoms with Crippen molar-refractivity contribution in [2.24, 2.45) is 10.7 Å². The van der Waals surface area contributed by atoms with E-state index in [0.717, 1.165) is 19.5 Å². The summed E-state index contributed by atoms with van der Waals surface area (Å²) in [5.41, 5.74) is 5.57. The summed E-state index contributed by atoms with van der Waals surface area (Å²) in [7, 11) is 0. The molecule has 3 aliphatic rings. The van der Waals surface area contributed by atoms with Gasteiger partial charge in [-0.2, -0.15) is 0 Å². The fraction of sp³-hybridized carbons (Fsp3) is 0.900. The van der Waals surface area contributed by atoms with Crippen LogP contribution in [0.1, 0.15) is 25.7 Å². The molecular formula is C10H17N3O. The number of ether oxygens (including phenoxy) is 1. The summed E-state index contributed by atoms with van der Waals surface area (Å²) in [5, 5.41) is 0. The largest absolute Gasteiger partial charge is 0.455 e. The number of hydrogen-bond acceptors (Lipinski definition) is 4. The predicted octanol–water partition coefficient (Wildman–Crippen LogP) is 0.328. The van der Waals surface area contributed by atoms with Crippen molar-refractivity contribution >= 4 is 6.02 Å². The van der Waals surface area contributed by atoms with Crippen LogP contribution < -0.4 is 5.73 Å². The first kappa shape index (κ1) is 8.53. The maximum absolute atomic E-state index is 5.77. The van der Waals surface area contributed by atoms with E-state index >= 15 is 0 Å². The molecule has 3 heterocycles. The van der Waals surface area contributed by atoms with E-state index in [1.54, 1.807) is 0 Å². The maximum atomic E-state index is 5.77. The Morgan fingerprint density at radius 3 is 3.14 bits per heavy atom.